The van der Waals surface area contributed by atoms with Gasteiger partial charge in [-0.2, -0.15) is 0 Å². The van der Waals surface area contributed by atoms with Gasteiger partial charge in [-0.1, -0.05) is 42.5 Å². The lowest BCUT2D eigenvalue weighted by molar-refractivity contribution is -0.116. The number of amides is 2. The summed E-state index contributed by atoms with van der Waals surface area (Å²) in [6.07, 6.45) is 1.58. The van der Waals surface area contributed by atoms with Crippen molar-refractivity contribution in [1.29, 1.82) is 0 Å². The molecule has 0 saturated heterocycles. The first kappa shape index (κ1) is 19.5. The first-order valence-electron chi connectivity index (χ1n) is 10.0. The van der Waals surface area contributed by atoms with E-state index in [-0.39, 0.29) is 11.8 Å². The Balaban J connectivity index is 1.44. The third-order valence-electron chi connectivity index (χ3n) is 5.38. The summed E-state index contributed by atoms with van der Waals surface area (Å²) >= 11 is 1.51. The fourth-order valence-electron chi connectivity index (χ4n) is 3.80. The van der Waals surface area contributed by atoms with Gasteiger partial charge in [0.15, 0.2) is 0 Å². The lowest BCUT2D eigenvalue weighted by Gasteiger charge is -2.30. The zero-order chi connectivity index (χ0) is 21.2. The van der Waals surface area contributed by atoms with Crippen LogP contribution in [-0.2, 0) is 17.9 Å². The number of hydrogen-bond donors (Lipinski definition) is 1. The number of furan rings is 1. The largest absolute Gasteiger partial charge is 0.467 e. The number of nitrogens with zero attached hydrogens (tertiary/aromatic N) is 1. The molecule has 1 aromatic heterocycles. The molecule has 0 atom stereocenters. The molecule has 2 heterocycles. The molecule has 6 heteroatoms. The fourth-order valence-corrected chi connectivity index (χ4v) is 4.72. The average molecular weight is 429 g/mol. The van der Waals surface area contributed by atoms with Crippen LogP contribution in [0.5, 0.6) is 0 Å². The molecule has 3 aromatic carbocycles. The Kier molecular flexibility index (Phi) is 5.22. The molecule has 1 N–H and O–H groups in total. The second kappa shape index (κ2) is 8.32. The summed E-state index contributed by atoms with van der Waals surface area (Å²) in [7, 11) is 0. The van der Waals surface area contributed by atoms with Gasteiger partial charge in [0.2, 0.25) is 5.91 Å². The number of carbonyl (C=O) groups is 2. The standard InChI is InChI=1S/C25H20N2O3S/c28-24-16-31-23-11-10-18(25(29)26-14-20-8-4-12-30-20)13-22(23)27(24)15-19-7-3-6-17-5-1-2-9-21(17)19/h1-13H,14-16H2,(H,26,29). The molecule has 4 aromatic rings. The molecular weight excluding hydrogens is 408 g/mol. The number of nitrogens with one attached hydrogen (secondary N) is 1. The van der Waals surface area contributed by atoms with Crippen LogP contribution < -0.4 is 10.2 Å². The van der Waals surface area contributed by atoms with Gasteiger partial charge in [-0.25, -0.2) is 0 Å². The maximum Gasteiger partial charge on any atom is 0.251 e. The van der Waals surface area contributed by atoms with E-state index in [0.717, 1.165) is 26.9 Å². The maximum atomic E-state index is 12.9. The van der Waals surface area contributed by atoms with Gasteiger partial charge >= 0.3 is 0 Å². The van der Waals surface area contributed by atoms with E-state index in [1.54, 1.807) is 23.3 Å². The second-order valence-corrected chi connectivity index (χ2v) is 8.37. The molecule has 0 radical (unpaired) electrons. The van der Waals surface area contributed by atoms with Gasteiger partial charge < -0.3 is 14.6 Å². The van der Waals surface area contributed by atoms with Crippen LogP contribution in [0.3, 0.4) is 0 Å². The van der Waals surface area contributed by atoms with Crippen LogP contribution in [0, 0.1) is 0 Å². The summed E-state index contributed by atoms with van der Waals surface area (Å²) in [4.78, 5) is 28.3. The topological polar surface area (TPSA) is 62.6 Å². The minimum Gasteiger partial charge on any atom is -0.467 e. The summed E-state index contributed by atoms with van der Waals surface area (Å²) < 4.78 is 5.27. The van der Waals surface area contributed by atoms with Crippen molar-refractivity contribution >= 4 is 40.0 Å². The Labute approximate surface area is 184 Å². The van der Waals surface area contributed by atoms with Crippen LogP contribution in [0.4, 0.5) is 5.69 Å². The maximum absolute atomic E-state index is 12.9. The predicted molar refractivity (Wildman–Crippen MR) is 122 cm³/mol. The molecule has 0 aliphatic carbocycles. The molecule has 0 unspecified atom stereocenters. The smallest absolute Gasteiger partial charge is 0.251 e. The Morgan fingerprint density at radius 2 is 1.90 bits per heavy atom. The van der Waals surface area contributed by atoms with Gasteiger partial charge in [0, 0.05) is 10.5 Å². The van der Waals surface area contributed by atoms with Gasteiger partial charge in [0.05, 0.1) is 30.8 Å². The predicted octanol–water partition coefficient (Wildman–Crippen LogP) is 5.00. The van der Waals surface area contributed by atoms with Crippen LogP contribution in [-0.4, -0.2) is 17.6 Å². The first-order chi connectivity index (χ1) is 15.2. The van der Waals surface area contributed by atoms with Gasteiger partial charge in [-0.05, 0) is 46.7 Å². The fraction of sp³-hybridized carbons (Fsp3) is 0.120. The Bertz CT molecular complexity index is 1260. The summed E-state index contributed by atoms with van der Waals surface area (Å²) in [5, 5.41) is 5.14. The number of benzene rings is 3. The summed E-state index contributed by atoms with van der Waals surface area (Å²) in [6.45, 7) is 0.779. The van der Waals surface area contributed by atoms with Gasteiger partial charge in [0.1, 0.15) is 5.76 Å². The highest BCUT2D eigenvalue weighted by atomic mass is 32.2. The van der Waals surface area contributed by atoms with Crippen molar-refractivity contribution in [1.82, 2.24) is 5.32 Å². The van der Waals surface area contributed by atoms with E-state index >= 15 is 0 Å². The molecule has 0 spiro atoms. The third kappa shape index (κ3) is 3.94. The van der Waals surface area contributed by atoms with E-state index in [1.165, 1.54) is 11.8 Å². The molecule has 0 saturated carbocycles. The minimum absolute atomic E-state index is 0.0403. The minimum atomic E-state index is -0.202. The summed E-state index contributed by atoms with van der Waals surface area (Å²) in [6, 6.07) is 23.4. The van der Waals surface area contributed by atoms with E-state index in [4.69, 9.17) is 4.42 Å². The quantitative estimate of drug-likeness (QED) is 0.486. The highest BCUT2D eigenvalue weighted by molar-refractivity contribution is 8.00. The molecule has 1 aliphatic heterocycles. The van der Waals surface area contributed by atoms with Crippen molar-refractivity contribution in [2.75, 3.05) is 10.7 Å². The monoisotopic (exact) mass is 428 g/mol. The Morgan fingerprint density at radius 3 is 2.77 bits per heavy atom. The summed E-state index contributed by atoms with van der Waals surface area (Å²) in [5.74, 6) is 0.919. The third-order valence-corrected chi connectivity index (χ3v) is 6.42. The number of hydrogen-bond acceptors (Lipinski definition) is 4. The van der Waals surface area contributed by atoms with Crippen LogP contribution in [0.1, 0.15) is 21.7 Å². The second-order valence-electron chi connectivity index (χ2n) is 7.35. The molecule has 5 rings (SSSR count). The van der Waals surface area contributed by atoms with E-state index < -0.39 is 0 Å². The van der Waals surface area contributed by atoms with Crippen molar-refractivity contribution in [2.45, 2.75) is 18.0 Å². The number of carbonyl (C=O) groups excluding carboxylic acids is 2. The molecule has 0 bridgehead atoms. The zero-order valence-corrected chi connectivity index (χ0v) is 17.5. The Hall–Kier alpha value is -3.51. The number of thioether (sulfide) groups is 1. The average Bonchev–Trinajstić information content (AvgIpc) is 3.33. The number of fused-ring (bicyclic) bond motifs is 2. The van der Waals surface area contributed by atoms with E-state index in [2.05, 4.69) is 29.6 Å². The van der Waals surface area contributed by atoms with Crippen molar-refractivity contribution < 1.29 is 14.0 Å². The molecule has 2 amide bonds. The van der Waals surface area contributed by atoms with Gasteiger partial charge in [-0.3, -0.25) is 9.59 Å². The normalized spacial score (nSPS) is 13.3. The highest BCUT2D eigenvalue weighted by Gasteiger charge is 2.26. The zero-order valence-electron chi connectivity index (χ0n) is 16.7. The number of rotatable bonds is 5. The molecule has 31 heavy (non-hydrogen) atoms. The highest BCUT2D eigenvalue weighted by Crippen LogP contribution is 2.37. The van der Waals surface area contributed by atoms with E-state index in [9.17, 15) is 9.59 Å². The molecular formula is C25H20N2O3S. The van der Waals surface area contributed by atoms with E-state index in [1.807, 2.05) is 36.4 Å². The molecule has 5 nitrogen and oxygen atoms in total. The van der Waals surface area contributed by atoms with Crippen molar-refractivity contribution in [2.24, 2.45) is 0 Å². The Morgan fingerprint density at radius 1 is 1.03 bits per heavy atom. The van der Waals surface area contributed by atoms with Crippen LogP contribution in [0.15, 0.2) is 88.4 Å². The molecule has 154 valence electrons. The SMILES string of the molecule is O=C(NCc1ccco1)c1ccc2c(c1)N(Cc1cccc3ccccc13)C(=O)CS2. The summed E-state index contributed by atoms with van der Waals surface area (Å²) in [5.41, 5.74) is 2.38. The molecule has 0 fully saturated rings. The van der Waals surface area contributed by atoms with Crippen molar-refractivity contribution in [3.63, 3.8) is 0 Å². The van der Waals surface area contributed by atoms with Gasteiger partial charge in [-0.15, -0.1) is 11.8 Å². The van der Waals surface area contributed by atoms with Crippen LogP contribution >= 0.6 is 11.8 Å². The van der Waals surface area contributed by atoms with Crippen LogP contribution in [0.2, 0.25) is 0 Å². The lowest BCUT2D eigenvalue weighted by Crippen LogP contribution is -2.35. The van der Waals surface area contributed by atoms with Crippen molar-refractivity contribution in [3.05, 3.63) is 95.9 Å². The van der Waals surface area contributed by atoms with Crippen LogP contribution in [0.25, 0.3) is 10.8 Å². The van der Waals surface area contributed by atoms with Crippen molar-refractivity contribution in [3.8, 4) is 0 Å². The molecule has 1 aliphatic rings. The number of anilines is 1. The first-order valence-corrected chi connectivity index (χ1v) is 11.0. The van der Waals surface area contributed by atoms with E-state index in [0.29, 0.717) is 30.2 Å². The van der Waals surface area contributed by atoms with Gasteiger partial charge in [0.25, 0.3) is 5.91 Å². The lowest BCUT2D eigenvalue weighted by atomic mass is 10.0.